The molecule has 22 heavy (non-hydrogen) atoms. The van der Waals surface area contributed by atoms with Crippen LogP contribution >= 0.6 is 0 Å². The van der Waals surface area contributed by atoms with E-state index in [2.05, 4.69) is 22.4 Å². The lowest BCUT2D eigenvalue weighted by molar-refractivity contribution is 0.0560. The second-order valence-corrected chi connectivity index (χ2v) is 4.94. The SMILES string of the molecule is CCc1c(C)nn(CCNC(=O)c2ccn(C(F)F)n2)c1C. The maximum Gasteiger partial charge on any atom is 0.333 e. The fraction of sp³-hybridized carbons (Fsp3) is 0.500. The molecular formula is C14H19F2N5O. The van der Waals surface area contributed by atoms with E-state index in [9.17, 15) is 13.6 Å². The third-order valence-electron chi connectivity index (χ3n) is 3.54. The molecule has 8 heteroatoms. The van der Waals surface area contributed by atoms with E-state index in [1.165, 1.54) is 11.6 Å². The first-order valence-corrected chi connectivity index (χ1v) is 7.08. The molecule has 2 rings (SSSR count). The number of hydrogen-bond acceptors (Lipinski definition) is 3. The Kier molecular flexibility index (Phi) is 4.89. The Balaban J connectivity index is 1.92. The number of halogens is 2. The van der Waals surface area contributed by atoms with Gasteiger partial charge in [0.05, 0.1) is 12.2 Å². The molecule has 0 fully saturated rings. The largest absolute Gasteiger partial charge is 0.349 e. The van der Waals surface area contributed by atoms with Crippen molar-refractivity contribution in [2.24, 2.45) is 0 Å². The summed E-state index contributed by atoms with van der Waals surface area (Å²) in [5.74, 6) is -0.475. The van der Waals surface area contributed by atoms with Crippen LogP contribution in [0.5, 0.6) is 0 Å². The first kappa shape index (κ1) is 16.1. The number of alkyl halides is 2. The van der Waals surface area contributed by atoms with Crippen molar-refractivity contribution in [1.29, 1.82) is 0 Å². The van der Waals surface area contributed by atoms with Gasteiger partial charge in [0.15, 0.2) is 0 Å². The van der Waals surface area contributed by atoms with Crippen LogP contribution < -0.4 is 5.32 Å². The molecule has 0 saturated heterocycles. The molecule has 0 unspecified atom stereocenters. The Bertz CT molecular complexity index is 662. The number of nitrogens with one attached hydrogen (secondary N) is 1. The Labute approximate surface area is 127 Å². The molecular weight excluding hydrogens is 292 g/mol. The molecule has 0 bridgehead atoms. The lowest BCUT2D eigenvalue weighted by atomic mass is 10.1. The van der Waals surface area contributed by atoms with E-state index < -0.39 is 12.5 Å². The summed E-state index contributed by atoms with van der Waals surface area (Å²) >= 11 is 0. The molecule has 2 aromatic rings. The third-order valence-corrected chi connectivity index (χ3v) is 3.54. The fourth-order valence-electron chi connectivity index (χ4n) is 2.40. The Morgan fingerprint density at radius 2 is 2.09 bits per heavy atom. The Hall–Kier alpha value is -2.25. The highest BCUT2D eigenvalue weighted by Crippen LogP contribution is 2.13. The summed E-state index contributed by atoms with van der Waals surface area (Å²) in [5, 5.41) is 10.6. The van der Waals surface area contributed by atoms with Crippen molar-refractivity contribution in [3.05, 3.63) is 34.9 Å². The summed E-state index contributed by atoms with van der Waals surface area (Å²) in [7, 11) is 0. The molecule has 0 aromatic carbocycles. The van der Waals surface area contributed by atoms with Crippen LogP contribution in [-0.2, 0) is 13.0 Å². The molecule has 2 heterocycles. The summed E-state index contributed by atoms with van der Waals surface area (Å²) in [5.41, 5.74) is 3.25. The van der Waals surface area contributed by atoms with Gasteiger partial charge < -0.3 is 5.32 Å². The number of carbonyl (C=O) groups excluding carboxylic acids is 1. The molecule has 0 atom stereocenters. The molecule has 0 aliphatic rings. The average Bonchev–Trinajstić information content (AvgIpc) is 3.05. The zero-order valence-electron chi connectivity index (χ0n) is 12.8. The van der Waals surface area contributed by atoms with Gasteiger partial charge in [0.25, 0.3) is 5.91 Å². The van der Waals surface area contributed by atoms with Gasteiger partial charge in [-0.05, 0) is 31.9 Å². The smallest absolute Gasteiger partial charge is 0.333 e. The van der Waals surface area contributed by atoms with Gasteiger partial charge in [-0.3, -0.25) is 9.48 Å². The zero-order chi connectivity index (χ0) is 16.3. The minimum atomic E-state index is -2.75. The predicted molar refractivity (Wildman–Crippen MR) is 76.9 cm³/mol. The lowest BCUT2D eigenvalue weighted by Crippen LogP contribution is -2.28. The van der Waals surface area contributed by atoms with E-state index in [4.69, 9.17) is 0 Å². The molecule has 0 aliphatic carbocycles. The molecule has 0 radical (unpaired) electrons. The summed E-state index contributed by atoms with van der Waals surface area (Å²) < 4.78 is 27.1. The van der Waals surface area contributed by atoms with Crippen molar-refractivity contribution in [1.82, 2.24) is 24.9 Å². The monoisotopic (exact) mass is 311 g/mol. The molecule has 0 spiro atoms. The standard InChI is InChI=1S/C14H19F2N5O/c1-4-11-9(2)18-20(10(11)3)8-6-17-13(22)12-5-7-21(19-12)14(15)16/h5,7,14H,4,6,8H2,1-3H3,(H,17,22). The lowest BCUT2D eigenvalue weighted by Gasteiger charge is -2.06. The van der Waals surface area contributed by atoms with Crippen LogP contribution in [-0.4, -0.2) is 32.0 Å². The van der Waals surface area contributed by atoms with E-state index in [1.54, 1.807) is 0 Å². The van der Waals surface area contributed by atoms with Crippen LogP contribution in [0, 0.1) is 13.8 Å². The third kappa shape index (κ3) is 3.32. The molecule has 6 nitrogen and oxygen atoms in total. The van der Waals surface area contributed by atoms with Crippen molar-refractivity contribution < 1.29 is 13.6 Å². The first-order chi connectivity index (χ1) is 10.4. The number of aryl methyl sites for hydroxylation is 1. The first-order valence-electron chi connectivity index (χ1n) is 7.08. The maximum absolute atomic E-state index is 12.4. The Morgan fingerprint density at radius 3 is 2.64 bits per heavy atom. The van der Waals surface area contributed by atoms with Crippen LogP contribution in [0.2, 0.25) is 0 Å². The van der Waals surface area contributed by atoms with Crippen molar-refractivity contribution in [2.75, 3.05) is 6.54 Å². The van der Waals surface area contributed by atoms with E-state index in [1.807, 2.05) is 18.5 Å². The normalized spacial score (nSPS) is 11.2. The predicted octanol–water partition coefficient (Wildman–Crippen LogP) is 2.08. The van der Waals surface area contributed by atoms with Gasteiger partial charge in [0.1, 0.15) is 5.69 Å². The van der Waals surface area contributed by atoms with Crippen LogP contribution in [0.3, 0.4) is 0 Å². The van der Waals surface area contributed by atoms with E-state index in [0.29, 0.717) is 17.8 Å². The van der Waals surface area contributed by atoms with E-state index in [0.717, 1.165) is 24.0 Å². The number of aromatic nitrogens is 4. The van der Waals surface area contributed by atoms with Crippen molar-refractivity contribution in [2.45, 2.75) is 40.3 Å². The highest BCUT2D eigenvalue weighted by Gasteiger charge is 2.14. The second kappa shape index (κ2) is 6.67. The molecule has 0 saturated carbocycles. The minimum Gasteiger partial charge on any atom is -0.349 e. The fourth-order valence-corrected chi connectivity index (χ4v) is 2.40. The van der Waals surface area contributed by atoms with Crippen LogP contribution in [0.4, 0.5) is 8.78 Å². The van der Waals surface area contributed by atoms with Gasteiger partial charge in [-0.2, -0.15) is 19.0 Å². The summed E-state index contributed by atoms with van der Waals surface area (Å²) in [6.45, 7) is 4.15. The number of hydrogen-bond donors (Lipinski definition) is 1. The quantitative estimate of drug-likeness (QED) is 0.888. The minimum absolute atomic E-state index is 0.0251. The van der Waals surface area contributed by atoms with Gasteiger partial charge in [-0.1, -0.05) is 6.92 Å². The van der Waals surface area contributed by atoms with Crippen LogP contribution in [0.15, 0.2) is 12.3 Å². The molecule has 1 amide bonds. The van der Waals surface area contributed by atoms with Crippen molar-refractivity contribution in [3.63, 3.8) is 0 Å². The summed E-state index contributed by atoms with van der Waals surface area (Å²) in [6.07, 6.45) is 1.99. The van der Waals surface area contributed by atoms with Crippen molar-refractivity contribution >= 4 is 5.91 Å². The van der Waals surface area contributed by atoms with Gasteiger partial charge in [-0.15, -0.1) is 0 Å². The Morgan fingerprint density at radius 1 is 1.36 bits per heavy atom. The summed E-state index contributed by atoms with van der Waals surface area (Å²) in [4.78, 5) is 11.8. The van der Waals surface area contributed by atoms with E-state index >= 15 is 0 Å². The summed E-state index contributed by atoms with van der Waals surface area (Å²) in [6, 6.07) is 1.26. The second-order valence-electron chi connectivity index (χ2n) is 4.94. The van der Waals surface area contributed by atoms with Gasteiger partial charge in [-0.25, -0.2) is 4.68 Å². The van der Waals surface area contributed by atoms with Crippen LogP contribution in [0.1, 0.15) is 40.9 Å². The highest BCUT2D eigenvalue weighted by molar-refractivity contribution is 5.92. The van der Waals surface area contributed by atoms with Gasteiger partial charge in [0.2, 0.25) is 0 Å². The maximum atomic E-state index is 12.4. The van der Waals surface area contributed by atoms with Crippen molar-refractivity contribution in [3.8, 4) is 0 Å². The topological polar surface area (TPSA) is 64.7 Å². The molecule has 0 aliphatic heterocycles. The van der Waals surface area contributed by atoms with E-state index in [-0.39, 0.29) is 5.69 Å². The highest BCUT2D eigenvalue weighted by atomic mass is 19.3. The molecule has 1 N–H and O–H groups in total. The number of rotatable bonds is 6. The average molecular weight is 311 g/mol. The number of amides is 1. The van der Waals surface area contributed by atoms with Gasteiger partial charge in [0, 0.05) is 18.4 Å². The number of carbonyl (C=O) groups is 1. The number of nitrogens with zero attached hydrogens (tertiary/aromatic N) is 4. The van der Waals surface area contributed by atoms with Gasteiger partial charge >= 0.3 is 6.55 Å². The van der Waals surface area contributed by atoms with Crippen LogP contribution in [0.25, 0.3) is 0 Å². The zero-order valence-corrected chi connectivity index (χ0v) is 12.8. The molecule has 120 valence electrons. The molecule has 2 aromatic heterocycles.